The minimum absolute atomic E-state index is 0.0597. The van der Waals surface area contributed by atoms with Crippen LogP contribution in [0, 0.1) is 15.9 Å². The lowest BCUT2D eigenvalue weighted by molar-refractivity contribution is -0.385. The number of rotatable bonds is 5. The van der Waals surface area contributed by atoms with Crippen LogP contribution in [0.15, 0.2) is 41.0 Å². The number of hydrogen-bond acceptors (Lipinski definition) is 6. The molecule has 28 heavy (non-hydrogen) atoms. The van der Waals surface area contributed by atoms with E-state index in [0.717, 1.165) is 0 Å². The number of ether oxygens (including phenoxy) is 1. The Kier molecular flexibility index (Phi) is 6.08. The highest BCUT2D eigenvalue weighted by Gasteiger charge is 2.27. The molecule has 0 radical (unpaired) electrons. The van der Waals surface area contributed by atoms with E-state index >= 15 is 0 Å². The molecule has 1 atom stereocenters. The molecule has 10 heteroatoms. The maximum Gasteiger partial charge on any atom is 0.287 e. The monoisotopic (exact) mass is 452 g/mol. The van der Waals surface area contributed by atoms with Gasteiger partial charge in [0.1, 0.15) is 23.6 Å². The number of aromatic nitrogens is 1. The van der Waals surface area contributed by atoms with Crippen LogP contribution in [-0.2, 0) is 4.79 Å². The van der Waals surface area contributed by atoms with Crippen LogP contribution in [0.4, 0.5) is 15.9 Å². The summed E-state index contributed by atoms with van der Waals surface area (Å²) in [5, 5.41) is 10.7. The number of nitro groups is 1. The van der Waals surface area contributed by atoms with Crippen molar-refractivity contribution in [3.05, 3.63) is 56.9 Å². The third kappa shape index (κ3) is 4.56. The number of halogens is 2. The van der Waals surface area contributed by atoms with Crippen molar-refractivity contribution >= 4 is 33.3 Å². The van der Waals surface area contributed by atoms with Crippen LogP contribution in [0.5, 0.6) is 5.75 Å². The molecule has 0 N–H and O–H groups in total. The minimum atomic E-state index is -0.717. The fourth-order valence-corrected chi connectivity index (χ4v) is 3.34. The molecule has 0 spiro atoms. The molecule has 1 aromatic heterocycles. The van der Waals surface area contributed by atoms with E-state index in [1.54, 1.807) is 17.9 Å². The Labute approximate surface area is 169 Å². The Morgan fingerprint density at radius 1 is 1.29 bits per heavy atom. The van der Waals surface area contributed by atoms with E-state index in [0.29, 0.717) is 42.2 Å². The fraction of sp³-hybridized carbons (Fsp3) is 0.333. The van der Waals surface area contributed by atoms with E-state index < -0.39 is 16.8 Å². The van der Waals surface area contributed by atoms with Crippen LogP contribution in [0.3, 0.4) is 0 Å². The molecular formula is C18H18BrFN4O4. The molecule has 8 nitrogen and oxygen atoms in total. The van der Waals surface area contributed by atoms with Gasteiger partial charge in [-0.25, -0.2) is 9.37 Å². The third-order valence-corrected chi connectivity index (χ3v) is 5.02. The van der Waals surface area contributed by atoms with E-state index in [1.165, 1.54) is 30.5 Å². The lowest BCUT2D eigenvalue weighted by atomic mass is 10.2. The number of hydrogen-bond donors (Lipinski definition) is 0. The quantitative estimate of drug-likeness (QED) is 0.511. The number of carbonyl (C=O) groups is 1. The van der Waals surface area contributed by atoms with Gasteiger partial charge < -0.3 is 14.5 Å². The normalized spacial score (nSPS) is 15.2. The topological polar surface area (TPSA) is 88.8 Å². The standard InChI is InChI=1S/C18H18BrFN4O4/c1-12(28-16-4-2-13(20)10-15(16)19)18(25)23-8-6-22(7-9-23)17-5-3-14(11-21-17)24(26)27/h2-5,10-12H,6-9H2,1H3. The van der Waals surface area contributed by atoms with Gasteiger partial charge in [0, 0.05) is 32.2 Å². The van der Waals surface area contributed by atoms with Crippen LogP contribution < -0.4 is 9.64 Å². The van der Waals surface area contributed by atoms with Gasteiger partial charge in [-0.1, -0.05) is 0 Å². The minimum Gasteiger partial charge on any atom is -0.480 e. The zero-order valence-corrected chi connectivity index (χ0v) is 16.6. The highest BCUT2D eigenvalue weighted by atomic mass is 79.9. The van der Waals surface area contributed by atoms with Gasteiger partial charge in [0.15, 0.2) is 6.10 Å². The van der Waals surface area contributed by atoms with Gasteiger partial charge in [-0.05, 0) is 47.1 Å². The van der Waals surface area contributed by atoms with Gasteiger partial charge in [-0.3, -0.25) is 14.9 Å². The van der Waals surface area contributed by atoms with Crippen molar-refractivity contribution in [1.82, 2.24) is 9.88 Å². The van der Waals surface area contributed by atoms with Crippen molar-refractivity contribution in [1.29, 1.82) is 0 Å². The zero-order valence-electron chi connectivity index (χ0n) is 15.0. The molecule has 1 fully saturated rings. The van der Waals surface area contributed by atoms with Crippen molar-refractivity contribution in [2.24, 2.45) is 0 Å². The van der Waals surface area contributed by atoms with E-state index in [2.05, 4.69) is 20.9 Å². The summed E-state index contributed by atoms with van der Waals surface area (Å²) in [6.07, 6.45) is 0.509. The molecule has 1 amide bonds. The summed E-state index contributed by atoms with van der Waals surface area (Å²) in [7, 11) is 0. The van der Waals surface area contributed by atoms with E-state index in [4.69, 9.17) is 4.74 Å². The van der Waals surface area contributed by atoms with Crippen LogP contribution in [0.2, 0.25) is 0 Å². The van der Waals surface area contributed by atoms with Crippen molar-refractivity contribution in [2.75, 3.05) is 31.1 Å². The predicted molar refractivity (Wildman–Crippen MR) is 104 cm³/mol. The van der Waals surface area contributed by atoms with Gasteiger partial charge in [-0.2, -0.15) is 0 Å². The maximum absolute atomic E-state index is 13.2. The lowest BCUT2D eigenvalue weighted by Crippen LogP contribution is -2.52. The summed E-state index contributed by atoms with van der Waals surface area (Å²) >= 11 is 3.22. The summed E-state index contributed by atoms with van der Waals surface area (Å²) in [4.78, 5) is 30.7. The Hall–Kier alpha value is -2.75. The van der Waals surface area contributed by atoms with Gasteiger partial charge in [0.25, 0.3) is 11.6 Å². The summed E-state index contributed by atoms with van der Waals surface area (Å²) in [6.45, 7) is 3.74. The maximum atomic E-state index is 13.2. The van der Waals surface area contributed by atoms with Crippen molar-refractivity contribution < 1.29 is 18.8 Å². The first-order valence-corrected chi connectivity index (χ1v) is 9.40. The van der Waals surface area contributed by atoms with E-state index in [9.17, 15) is 19.3 Å². The average molecular weight is 453 g/mol. The number of carbonyl (C=O) groups excluding carboxylic acids is 1. The Balaban J connectivity index is 1.56. The first-order chi connectivity index (χ1) is 13.3. The summed E-state index contributed by atoms with van der Waals surface area (Å²) < 4.78 is 19.3. The SMILES string of the molecule is CC(Oc1ccc(F)cc1Br)C(=O)N1CCN(c2ccc([N+](=O)[O-])cn2)CC1. The molecule has 0 bridgehead atoms. The van der Waals surface area contributed by atoms with Gasteiger partial charge in [-0.15, -0.1) is 0 Å². The molecule has 3 rings (SSSR count). The zero-order chi connectivity index (χ0) is 20.3. The van der Waals surface area contributed by atoms with Gasteiger partial charge in [0.2, 0.25) is 0 Å². The molecule has 1 unspecified atom stereocenters. The Morgan fingerprint density at radius 3 is 2.57 bits per heavy atom. The molecule has 1 aliphatic rings. The van der Waals surface area contributed by atoms with Crippen LogP contribution in [-0.4, -0.2) is 53.0 Å². The van der Waals surface area contributed by atoms with Crippen molar-refractivity contribution in [3.8, 4) is 5.75 Å². The smallest absolute Gasteiger partial charge is 0.287 e. The lowest BCUT2D eigenvalue weighted by Gasteiger charge is -2.36. The second-order valence-electron chi connectivity index (χ2n) is 6.28. The number of piperazine rings is 1. The molecule has 148 valence electrons. The highest BCUT2D eigenvalue weighted by molar-refractivity contribution is 9.10. The van der Waals surface area contributed by atoms with Crippen LogP contribution >= 0.6 is 15.9 Å². The molecule has 1 aliphatic heterocycles. The number of benzene rings is 1. The second kappa shape index (κ2) is 8.51. The van der Waals surface area contributed by atoms with Gasteiger partial charge in [0.05, 0.1) is 9.40 Å². The van der Waals surface area contributed by atoms with E-state index in [1.807, 2.05) is 4.90 Å². The number of pyridine rings is 1. The number of amides is 1. The Bertz CT molecular complexity index is 872. The molecule has 2 aromatic rings. The van der Waals surface area contributed by atoms with E-state index in [-0.39, 0.29) is 11.6 Å². The fourth-order valence-electron chi connectivity index (χ4n) is 2.90. The molecule has 2 heterocycles. The number of anilines is 1. The summed E-state index contributed by atoms with van der Waals surface area (Å²) in [5.74, 6) is 0.481. The van der Waals surface area contributed by atoms with Gasteiger partial charge >= 0.3 is 0 Å². The number of nitrogens with zero attached hydrogens (tertiary/aromatic N) is 4. The predicted octanol–water partition coefficient (Wildman–Crippen LogP) is 3.01. The molecule has 1 aromatic carbocycles. The first kappa shape index (κ1) is 20.0. The molecule has 0 aliphatic carbocycles. The van der Waals surface area contributed by atoms with Crippen LogP contribution in [0.25, 0.3) is 0 Å². The first-order valence-electron chi connectivity index (χ1n) is 8.61. The van der Waals surface area contributed by atoms with Crippen molar-refractivity contribution in [2.45, 2.75) is 13.0 Å². The summed E-state index contributed by atoms with van der Waals surface area (Å²) in [6, 6.07) is 7.04. The molecule has 0 saturated carbocycles. The molecular weight excluding hydrogens is 435 g/mol. The third-order valence-electron chi connectivity index (χ3n) is 4.40. The van der Waals surface area contributed by atoms with Crippen molar-refractivity contribution in [3.63, 3.8) is 0 Å². The second-order valence-corrected chi connectivity index (χ2v) is 7.13. The Morgan fingerprint density at radius 2 is 2.00 bits per heavy atom. The van der Waals surface area contributed by atoms with Crippen LogP contribution in [0.1, 0.15) is 6.92 Å². The summed E-state index contributed by atoms with van der Waals surface area (Å²) in [5.41, 5.74) is -0.0597. The largest absolute Gasteiger partial charge is 0.480 e. The highest BCUT2D eigenvalue weighted by Crippen LogP contribution is 2.27. The molecule has 1 saturated heterocycles. The average Bonchev–Trinajstić information content (AvgIpc) is 2.69.